The third-order valence-corrected chi connectivity index (χ3v) is 6.35. The third kappa shape index (κ3) is 4.34. The Kier molecular flexibility index (Phi) is 6.53. The van der Waals surface area contributed by atoms with E-state index in [9.17, 15) is 29.9 Å². The minimum absolute atomic E-state index is 0.00258. The number of phenolic OH excluding ortho intramolecular Hbond substituents is 3. The smallest absolute Gasteiger partial charge is 0.325 e. The summed E-state index contributed by atoms with van der Waals surface area (Å²) in [7, 11) is 1.35. The maximum absolute atomic E-state index is 14.6. The van der Waals surface area contributed by atoms with Crippen molar-refractivity contribution in [2.24, 2.45) is 5.92 Å². The van der Waals surface area contributed by atoms with E-state index in [4.69, 9.17) is 9.47 Å². The van der Waals surface area contributed by atoms with Gasteiger partial charge in [0.25, 0.3) is 0 Å². The molecule has 34 heavy (non-hydrogen) atoms. The van der Waals surface area contributed by atoms with Gasteiger partial charge >= 0.3 is 5.97 Å². The number of piperidine rings is 1. The van der Waals surface area contributed by atoms with Crippen molar-refractivity contribution in [3.63, 3.8) is 0 Å². The van der Waals surface area contributed by atoms with Crippen LogP contribution in [0, 0.1) is 11.7 Å². The van der Waals surface area contributed by atoms with Crippen molar-refractivity contribution in [1.29, 1.82) is 0 Å². The quantitative estimate of drug-likeness (QED) is 0.139. The molecule has 0 radical (unpaired) electrons. The predicted octanol–water partition coefficient (Wildman–Crippen LogP) is 2.42. The van der Waals surface area contributed by atoms with Crippen molar-refractivity contribution in [3.05, 3.63) is 28.7 Å². The topological polar surface area (TPSA) is 169 Å². The number of aliphatic hydroxyl groups is 2. The molecule has 11 nitrogen and oxygen atoms in total. The first kappa shape index (κ1) is 24.0. The maximum Gasteiger partial charge on any atom is 0.325 e. The predicted molar refractivity (Wildman–Crippen MR) is 122 cm³/mol. The van der Waals surface area contributed by atoms with Gasteiger partial charge < -0.3 is 45.6 Å². The fourth-order valence-electron chi connectivity index (χ4n) is 3.73. The first-order chi connectivity index (χ1) is 16.1. The average Bonchev–Trinajstić information content (AvgIpc) is 2.84. The van der Waals surface area contributed by atoms with Crippen molar-refractivity contribution in [1.82, 2.24) is 15.3 Å². The van der Waals surface area contributed by atoms with E-state index >= 15 is 0 Å². The minimum atomic E-state index is -2.45. The second-order valence-corrected chi connectivity index (χ2v) is 8.49. The summed E-state index contributed by atoms with van der Waals surface area (Å²) in [6, 6.07) is 2.83. The molecule has 1 aliphatic heterocycles. The van der Waals surface area contributed by atoms with E-state index in [0.717, 1.165) is 6.33 Å². The van der Waals surface area contributed by atoms with Gasteiger partial charge in [-0.15, -0.1) is 0 Å². The Morgan fingerprint density at radius 1 is 1.09 bits per heavy atom. The van der Waals surface area contributed by atoms with Crippen molar-refractivity contribution in [2.45, 2.75) is 18.8 Å². The molecule has 0 unspecified atom stereocenters. The Bertz CT molecular complexity index is 1210. The number of nitrogens with zero attached hydrogens (tertiary/aromatic N) is 2. The van der Waals surface area contributed by atoms with Crippen LogP contribution in [-0.4, -0.2) is 61.7 Å². The van der Waals surface area contributed by atoms with E-state index in [1.807, 2.05) is 0 Å². The van der Waals surface area contributed by atoms with Gasteiger partial charge in [0.2, 0.25) is 0 Å². The zero-order valence-corrected chi connectivity index (χ0v) is 19.4. The number of fused-ring (bicyclic) bond motifs is 1. The zero-order chi connectivity index (χ0) is 24.6. The molecule has 13 heteroatoms. The number of nitrogens with one attached hydrogen (secondary N) is 2. The number of phenols is 3. The Labute approximate surface area is 200 Å². The van der Waals surface area contributed by atoms with E-state index < -0.39 is 45.1 Å². The minimum Gasteiger partial charge on any atom is -0.504 e. The Hall–Kier alpha value is -3.13. The number of rotatable bonds is 6. The number of aromatic nitrogens is 2. The van der Waals surface area contributed by atoms with Gasteiger partial charge in [-0.05, 0) is 47.9 Å². The Balaban J connectivity index is 1.74. The second-order valence-electron chi connectivity index (χ2n) is 7.70. The molecule has 0 amide bonds. The highest BCUT2D eigenvalue weighted by Crippen LogP contribution is 2.48. The lowest BCUT2D eigenvalue weighted by atomic mass is 9.95. The SMILES string of the molecule is COc1cc2c(Nc3c(O)c(O)c(Br)c(O)c3F)ncnc2cc1OC(O)(O)C1CCNCC1. The molecule has 4 rings (SSSR count). The van der Waals surface area contributed by atoms with Gasteiger partial charge in [-0.1, -0.05) is 0 Å². The van der Waals surface area contributed by atoms with Crippen molar-refractivity contribution in [3.8, 4) is 28.7 Å². The number of halogens is 2. The Morgan fingerprint density at radius 2 is 1.79 bits per heavy atom. The van der Waals surface area contributed by atoms with E-state index in [1.54, 1.807) is 0 Å². The third-order valence-electron chi connectivity index (χ3n) is 5.60. The van der Waals surface area contributed by atoms with Crippen molar-refractivity contribution < 1.29 is 39.4 Å². The monoisotopic (exact) mass is 540 g/mol. The molecule has 2 heterocycles. The summed E-state index contributed by atoms with van der Waals surface area (Å²) < 4.78 is 25.1. The molecular weight excluding hydrogens is 519 g/mol. The first-order valence-electron chi connectivity index (χ1n) is 10.2. The number of hydrogen-bond donors (Lipinski definition) is 7. The summed E-state index contributed by atoms with van der Waals surface area (Å²) in [5, 5.41) is 57.0. The summed E-state index contributed by atoms with van der Waals surface area (Å²) in [6.45, 7) is 1.25. The van der Waals surface area contributed by atoms with Crippen LogP contribution in [0.4, 0.5) is 15.9 Å². The van der Waals surface area contributed by atoms with E-state index in [-0.39, 0.29) is 28.2 Å². The summed E-state index contributed by atoms with van der Waals surface area (Å²) in [4.78, 5) is 8.18. The van der Waals surface area contributed by atoms with Crippen molar-refractivity contribution in [2.75, 3.05) is 25.5 Å². The highest BCUT2D eigenvalue weighted by molar-refractivity contribution is 9.10. The summed E-state index contributed by atoms with van der Waals surface area (Å²) in [5.74, 6) is -6.62. The molecule has 1 aliphatic rings. The molecule has 0 spiro atoms. The van der Waals surface area contributed by atoms with Crippen LogP contribution in [0.15, 0.2) is 22.9 Å². The normalized spacial score (nSPS) is 14.9. The number of hydrogen-bond acceptors (Lipinski definition) is 11. The lowest BCUT2D eigenvalue weighted by Crippen LogP contribution is -2.48. The highest BCUT2D eigenvalue weighted by Gasteiger charge is 2.39. The number of ether oxygens (including phenoxy) is 2. The van der Waals surface area contributed by atoms with Crippen LogP contribution in [0.25, 0.3) is 10.9 Å². The van der Waals surface area contributed by atoms with Crippen LogP contribution in [0.1, 0.15) is 12.8 Å². The van der Waals surface area contributed by atoms with Gasteiger partial charge in [-0.25, -0.2) is 14.4 Å². The lowest BCUT2D eigenvalue weighted by molar-refractivity contribution is -0.326. The molecule has 7 N–H and O–H groups in total. The number of benzene rings is 2. The lowest BCUT2D eigenvalue weighted by Gasteiger charge is -2.34. The second kappa shape index (κ2) is 9.25. The van der Waals surface area contributed by atoms with E-state index in [1.165, 1.54) is 19.2 Å². The van der Waals surface area contributed by atoms with Crippen molar-refractivity contribution >= 4 is 38.3 Å². The molecule has 1 aromatic heterocycles. The molecule has 1 saturated heterocycles. The molecule has 1 fully saturated rings. The summed E-state index contributed by atoms with van der Waals surface area (Å²) in [6.07, 6.45) is 2.15. The Morgan fingerprint density at radius 3 is 2.47 bits per heavy atom. The van der Waals surface area contributed by atoms with E-state index in [2.05, 4.69) is 36.5 Å². The number of aromatic hydroxyl groups is 3. The molecule has 0 aliphatic carbocycles. The van der Waals surface area contributed by atoms with Gasteiger partial charge in [-0.3, -0.25) is 0 Å². The number of anilines is 2. The number of methoxy groups -OCH3 is 1. The van der Waals surface area contributed by atoms with Crippen LogP contribution in [0.3, 0.4) is 0 Å². The standard InChI is InChI=1S/C21H22BrFN4O7/c1-33-12-6-10-11(7-13(12)34-21(31,32)9-2-4-24-5-3-9)25-8-26-20(10)27-16-15(23)17(28)14(22)18(29)19(16)30/h6-9,24,28-32H,2-5H2,1H3,(H,25,26,27). The molecule has 0 atom stereocenters. The fraction of sp³-hybridized carbons (Fsp3) is 0.333. The summed E-state index contributed by atoms with van der Waals surface area (Å²) in [5.41, 5.74) is -0.354. The van der Waals surface area contributed by atoms with Crippen LogP contribution in [0.5, 0.6) is 28.7 Å². The largest absolute Gasteiger partial charge is 0.504 e. The highest BCUT2D eigenvalue weighted by atomic mass is 79.9. The van der Waals surface area contributed by atoms with Crippen LogP contribution >= 0.6 is 15.9 Å². The average molecular weight is 541 g/mol. The van der Waals surface area contributed by atoms with Crippen LogP contribution in [-0.2, 0) is 0 Å². The molecule has 0 saturated carbocycles. The van der Waals surface area contributed by atoms with Gasteiger partial charge in [0.15, 0.2) is 34.6 Å². The molecule has 0 bridgehead atoms. The fourth-order valence-corrected chi connectivity index (χ4v) is 4.09. The molecule has 2 aromatic carbocycles. The first-order valence-corrected chi connectivity index (χ1v) is 11.0. The maximum atomic E-state index is 14.6. The van der Waals surface area contributed by atoms with Gasteiger partial charge in [-0.2, -0.15) is 0 Å². The zero-order valence-electron chi connectivity index (χ0n) is 17.8. The molecular formula is C21H22BrFN4O7. The van der Waals surface area contributed by atoms with Crippen LogP contribution < -0.4 is 20.1 Å². The van der Waals surface area contributed by atoms with E-state index in [0.29, 0.717) is 25.9 Å². The summed E-state index contributed by atoms with van der Waals surface area (Å²) >= 11 is 2.79. The van der Waals surface area contributed by atoms with Crippen LogP contribution in [0.2, 0.25) is 0 Å². The molecule has 3 aromatic rings. The van der Waals surface area contributed by atoms with Gasteiger partial charge in [0.05, 0.1) is 18.5 Å². The van der Waals surface area contributed by atoms with Gasteiger partial charge in [0.1, 0.15) is 22.3 Å². The van der Waals surface area contributed by atoms with Gasteiger partial charge in [0, 0.05) is 11.5 Å². The molecule has 182 valence electrons.